The zero-order chi connectivity index (χ0) is 17.3. The van der Waals surface area contributed by atoms with Crippen LogP contribution in [-0.4, -0.2) is 23.6 Å². The fraction of sp³-hybridized carbons (Fsp3) is 0.526. The van der Waals surface area contributed by atoms with E-state index in [0.717, 1.165) is 5.56 Å². The van der Waals surface area contributed by atoms with Gasteiger partial charge < -0.3 is 9.64 Å². The molecule has 0 spiro atoms. The molecule has 0 bridgehead atoms. The van der Waals surface area contributed by atoms with Crippen molar-refractivity contribution in [2.24, 2.45) is 5.41 Å². The second kappa shape index (κ2) is 6.34. The van der Waals surface area contributed by atoms with Crippen molar-refractivity contribution in [1.29, 1.82) is 0 Å². The lowest BCUT2D eigenvalue weighted by Gasteiger charge is -2.46. The van der Waals surface area contributed by atoms with Gasteiger partial charge in [-0.2, -0.15) is 0 Å². The summed E-state index contributed by atoms with van der Waals surface area (Å²) in [5.74, 6) is -0.298. The quantitative estimate of drug-likeness (QED) is 0.741. The van der Waals surface area contributed by atoms with Gasteiger partial charge in [0.2, 0.25) is 0 Å². The van der Waals surface area contributed by atoms with E-state index < -0.39 is 5.60 Å². The topological polar surface area (TPSA) is 29.5 Å². The Labute approximate surface area is 138 Å². The number of cyclic esters (lactones) is 1. The second-order valence-corrected chi connectivity index (χ2v) is 7.35. The van der Waals surface area contributed by atoms with Gasteiger partial charge in [-0.1, -0.05) is 39.0 Å². The number of benzene rings is 1. The number of rotatable bonds is 4. The van der Waals surface area contributed by atoms with Crippen molar-refractivity contribution in [3.8, 4) is 0 Å². The van der Waals surface area contributed by atoms with Crippen LogP contribution in [0.2, 0.25) is 0 Å². The molecular formula is C19H26FNO2. The molecule has 1 unspecified atom stereocenters. The van der Waals surface area contributed by atoms with Crippen molar-refractivity contribution >= 4 is 6.09 Å². The van der Waals surface area contributed by atoms with Gasteiger partial charge in [-0.15, -0.1) is 6.58 Å². The number of carbonyl (C=O) groups is 1. The van der Waals surface area contributed by atoms with E-state index in [9.17, 15) is 9.18 Å². The Bertz CT molecular complexity index is 576. The first kappa shape index (κ1) is 17.5. The summed E-state index contributed by atoms with van der Waals surface area (Å²) in [5, 5.41) is 0. The molecule has 1 aromatic carbocycles. The summed E-state index contributed by atoms with van der Waals surface area (Å²) in [6.07, 6.45) is 2.61. The number of hydrogen-bond donors (Lipinski definition) is 0. The molecule has 1 amide bonds. The first-order valence-electron chi connectivity index (χ1n) is 8.06. The Morgan fingerprint density at radius 1 is 1.39 bits per heavy atom. The van der Waals surface area contributed by atoms with Crippen LogP contribution < -0.4 is 0 Å². The van der Waals surface area contributed by atoms with E-state index in [-0.39, 0.29) is 23.4 Å². The number of halogens is 1. The molecule has 1 aliphatic rings. The van der Waals surface area contributed by atoms with Crippen LogP contribution in [0, 0.1) is 11.2 Å². The van der Waals surface area contributed by atoms with Crippen LogP contribution in [0.4, 0.5) is 9.18 Å². The zero-order valence-corrected chi connectivity index (χ0v) is 14.4. The molecule has 2 rings (SSSR count). The minimum atomic E-state index is -0.749. The third-order valence-electron chi connectivity index (χ3n) is 4.84. The van der Waals surface area contributed by atoms with E-state index in [1.54, 1.807) is 23.1 Å². The third kappa shape index (κ3) is 3.57. The molecule has 0 aliphatic carbocycles. The SMILES string of the molecule is C=CC[C@@]1(c2ccc(F)cc2)CCN(C(C)C(C)(C)C)C(=O)O1. The van der Waals surface area contributed by atoms with E-state index in [0.29, 0.717) is 19.4 Å². The number of amides is 1. The smallest absolute Gasteiger partial charge is 0.410 e. The van der Waals surface area contributed by atoms with Crippen molar-refractivity contribution in [2.75, 3.05) is 6.54 Å². The van der Waals surface area contributed by atoms with E-state index in [2.05, 4.69) is 27.4 Å². The fourth-order valence-corrected chi connectivity index (χ4v) is 2.94. The largest absolute Gasteiger partial charge is 0.437 e. The Hall–Kier alpha value is -1.84. The molecule has 1 aromatic rings. The Balaban J connectivity index is 2.27. The Morgan fingerprint density at radius 3 is 2.48 bits per heavy atom. The lowest BCUT2D eigenvalue weighted by molar-refractivity contribution is -0.0677. The molecular weight excluding hydrogens is 293 g/mol. The van der Waals surface area contributed by atoms with Gasteiger partial charge in [-0.3, -0.25) is 0 Å². The molecule has 1 aliphatic heterocycles. The molecule has 1 fully saturated rings. The molecule has 0 saturated carbocycles. The Morgan fingerprint density at radius 2 is 2.00 bits per heavy atom. The highest BCUT2D eigenvalue weighted by atomic mass is 19.1. The zero-order valence-electron chi connectivity index (χ0n) is 14.4. The summed E-state index contributed by atoms with van der Waals surface area (Å²) in [6, 6.07) is 6.25. The average Bonchev–Trinajstić information content (AvgIpc) is 2.46. The van der Waals surface area contributed by atoms with Gasteiger partial charge in [0.15, 0.2) is 0 Å². The minimum absolute atomic E-state index is 0.0205. The maximum absolute atomic E-state index is 13.2. The standard InChI is InChI=1S/C19H26FNO2/c1-6-11-19(15-7-9-16(20)10-8-15)12-13-21(17(22)23-19)14(2)18(3,4)5/h6-10,14H,1,11-13H2,2-5H3/t14?,19-/m0/s1. The highest BCUT2D eigenvalue weighted by Gasteiger charge is 2.44. The van der Waals surface area contributed by atoms with Crippen LogP contribution in [0.1, 0.15) is 46.1 Å². The monoisotopic (exact) mass is 319 g/mol. The maximum Gasteiger partial charge on any atom is 0.410 e. The van der Waals surface area contributed by atoms with Crippen molar-refractivity contribution in [1.82, 2.24) is 4.90 Å². The van der Waals surface area contributed by atoms with Crippen LogP contribution in [0.25, 0.3) is 0 Å². The van der Waals surface area contributed by atoms with Gasteiger partial charge in [-0.05, 0) is 30.0 Å². The van der Waals surface area contributed by atoms with Crippen molar-refractivity contribution in [3.63, 3.8) is 0 Å². The average molecular weight is 319 g/mol. The molecule has 2 atom stereocenters. The van der Waals surface area contributed by atoms with Crippen LogP contribution in [0.5, 0.6) is 0 Å². The molecule has 1 heterocycles. The second-order valence-electron chi connectivity index (χ2n) is 7.35. The molecule has 23 heavy (non-hydrogen) atoms. The molecule has 3 nitrogen and oxygen atoms in total. The van der Waals surface area contributed by atoms with Gasteiger partial charge in [-0.25, -0.2) is 9.18 Å². The number of nitrogens with zero attached hydrogens (tertiary/aromatic N) is 1. The van der Waals surface area contributed by atoms with Crippen LogP contribution in [-0.2, 0) is 10.3 Å². The summed E-state index contributed by atoms with van der Waals surface area (Å²) in [7, 11) is 0. The number of ether oxygens (including phenoxy) is 1. The summed E-state index contributed by atoms with van der Waals surface area (Å²) in [6.45, 7) is 12.8. The third-order valence-corrected chi connectivity index (χ3v) is 4.84. The first-order valence-corrected chi connectivity index (χ1v) is 8.06. The molecule has 0 radical (unpaired) electrons. The van der Waals surface area contributed by atoms with E-state index in [1.165, 1.54) is 12.1 Å². The predicted molar refractivity (Wildman–Crippen MR) is 89.6 cm³/mol. The lowest BCUT2D eigenvalue weighted by atomic mass is 9.83. The van der Waals surface area contributed by atoms with E-state index in [1.807, 2.05) is 6.92 Å². The molecule has 126 valence electrons. The van der Waals surface area contributed by atoms with Gasteiger partial charge in [0.05, 0.1) is 0 Å². The molecule has 4 heteroatoms. The fourth-order valence-electron chi connectivity index (χ4n) is 2.94. The van der Waals surface area contributed by atoms with Crippen LogP contribution in [0.3, 0.4) is 0 Å². The predicted octanol–water partition coefficient (Wildman–Crippen LogP) is 4.87. The highest BCUT2D eigenvalue weighted by molar-refractivity contribution is 5.70. The van der Waals surface area contributed by atoms with Gasteiger partial charge in [0.1, 0.15) is 11.4 Å². The van der Waals surface area contributed by atoms with Gasteiger partial charge in [0.25, 0.3) is 0 Å². The normalized spacial score (nSPS) is 23.3. The molecule has 1 saturated heterocycles. The lowest BCUT2D eigenvalue weighted by Crippen LogP contribution is -2.54. The molecule has 0 aromatic heterocycles. The summed E-state index contributed by atoms with van der Waals surface area (Å²) in [4.78, 5) is 14.4. The summed E-state index contributed by atoms with van der Waals surface area (Å²) >= 11 is 0. The number of hydrogen-bond acceptors (Lipinski definition) is 2. The number of carbonyl (C=O) groups excluding carboxylic acids is 1. The Kier molecular flexibility index (Phi) is 4.83. The highest BCUT2D eigenvalue weighted by Crippen LogP contribution is 2.39. The van der Waals surface area contributed by atoms with Crippen LogP contribution >= 0.6 is 0 Å². The van der Waals surface area contributed by atoms with Gasteiger partial charge >= 0.3 is 6.09 Å². The molecule has 0 N–H and O–H groups in total. The minimum Gasteiger partial charge on any atom is -0.437 e. The van der Waals surface area contributed by atoms with Crippen molar-refractivity contribution in [2.45, 2.75) is 52.2 Å². The van der Waals surface area contributed by atoms with E-state index >= 15 is 0 Å². The summed E-state index contributed by atoms with van der Waals surface area (Å²) < 4.78 is 19.1. The maximum atomic E-state index is 13.2. The van der Waals surface area contributed by atoms with Gasteiger partial charge in [0, 0.05) is 25.4 Å². The van der Waals surface area contributed by atoms with E-state index in [4.69, 9.17) is 4.74 Å². The van der Waals surface area contributed by atoms with Crippen molar-refractivity contribution in [3.05, 3.63) is 48.3 Å². The van der Waals surface area contributed by atoms with Crippen LogP contribution in [0.15, 0.2) is 36.9 Å². The summed E-state index contributed by atoms with van der Waals surface area (Å²) in [5.41, 5.74) is 0.0451. The van der Waals surface area contributed by atoms with Crippen molar-refractivity contribution < 1.29 is 13.9 Å². The first-order chi connectivity index (χ1) is 10.7.